The number of nitrogens with two attached hydrogens (primary N) is 1. The molecule has 0 bridgehead atoms. The van der Waals surface area contributed by atoms with Gasteiger partial charge in [-0.2, -0.15) is 0 Å². The molecule has 3 N–H and O–H groups in total. The van der Waals surface area contributed by atoms with Crippen molar-refractivity contribution in [2.24, 2.45) is 11.8 Å². The molecular weight excluding hydrogens is 422 g/mol. The van der Waals surface area contributed by atoms with Gasteiger partial charge in [-0.1, -0.05) is 44.9 Å². The van der Waals surface area contributed by atoms with Crippen LogP contribution in [0.4, 0.5) is 17.2 Å². The molecule has 33 heavy (non-hydrogen) atoms. The Morgan fingerprint density at radius 3 is 2.48 bits per heavy atom. The number of carbonyl (C=O) groups is 2. The molecule has 1 atom stereocenters. The molecule has 0 spiro atoms. The smallest absolute Gasteiger partial charge is 0.330 e. The van der Waals surface area contributed by atoms with E-state index in [2.05, 4.69) is 4.98 Å². The van der Waals surface area contributed by atoms with Crippen LogP contribution >= 0.6 is 0 Å². The number of aromatic amines is 1. The van der Waals surface area contributed by atoms with Gasteiger partial charge in [0.05, 0.1) is 5.92 Å². The highest BCUT2D eigenvalue weighted by atomic mass is 16.2. The molecule has 2 aromatic rings. The second kappa shape index (κ2) is 10.1. The fraction of sp³-hybridized carbons (Fsp3) is 0.500. The summed E-state index contributed by atoms with van der Waals surface area (Å²) in [5.41, 5.74) is 6.78. The number of amides is 2. The molecule has 0 unspecified atom stereocenters. The number of carbonyl (C=O) groups excluding carboxylic acids is 2. The van der Waals surface area contributed by atoms with Gasteiger partial charge in [-0.05, 0) is 31.4 Å². The lowest BCUT2D eigenvalue weighted by molar-refractivity contribution is -0.124. The lowest BCUT2D eigenvalue weighted by Gasteiger charge is -2.28. The molecule has 0 aliphatic carbocycles. The van der Waals surface area contributed by atoms with Gasteiger partial charge in [0, 0.05) is 31.7 Å². The monoisotopic (exact) mass is 455 g/mol. The number of rotatable bonds is 8. The van der Waals surface area contributed by atoms with Crippen LogP contribution in [-0.2, 0) is 16.1 Å². The van der Waals surface area contributed by atoms with E-state index in [1.54, 1.807) is 4.90 Å². The van der Waals surface area contributed by atoms with Crippen molar-refractivity contribution in [1.29, 1.82) is 0 Å². The Labute approximate surface area is 193 Å². The van der Waals surface area contributed by atoms with E-state index in [-0.39, 0.29) is 48.7 Å². The van der Waals surface area contributed by atoms with E-state index in [0.717, 1.165) is 17.7 Å². The van der Waals surface area contributed by atoms with Gasteiger partial charge in [0.1, 0.15) is 5.82 Å². The summed E-state index contributed by atoms with van der Waals surface area (Å²) in [4.78, 5) is 56.7. The van der Waals surface area contributed by atoms with Gasteiger partial charge in [-0.25, -0.2) is 4.79 Å². The van der Waals surface area contributed by atoms with E-state index >= 15 is 0 Å². The Morgan fingerprint density at radius 2 is 1.88 bits per heavy atom. The largest absolute Gasteiger partial charge is 0.383 e. The third-order valence-electron chi connectivity index (χ3n) is 5.85. The SMILES string of the molecule is CCCCn1c(N)c(N(CC(C)C)C(=O)[C@H]2CC(=O)N(c3ccc(C)cc3)C2)c(=O)[nH]c1=O. The van der Waals surface area contributed by atoms with Crippen LogP contribution in [0.2, 0.25) is 0 Å². The Hall–Kier alpha value is -3.36. The number of nitrogens with one attached hydrogen (secondary N) is 1. The van der Waals surface area contributed by atoms with Crippen LogP contribution in [0.1, 0.15) is 45.6 Å². The highest BCUT2D eigenvalue weighted by molar-refractivity contribution is 6.05. The summed E-state index contributed by atoms with van der Waals surface area (Å²) in [6.45, 7) is 8.62. The lowest BCUT2D eigenvalue weighted by Crippen LogP contribution is -2.45. The Bertz CT molecular complexity index is 1130. The number of aryl methyl sites for hydroxylation is 1. The summed E-state index contributed by atoms with van der Waals surface area (Å²) in [5, 5.41) is 0. The minimum atomic E-state index is -0.695. The van der Waals surface area contributed by atoms with Crippen molar-refractivity contribution in [3.63, 3.8) is 0 Å². The van der Waals surface area contributed by atoms with Gasteiger partial charge >= 0.3 is 5.69 Å². The topological polar surface area (TPSA) is 121 Å². The maximum Gasteiger partial charge on any atom is 0.330 e. The first kappa shape index (κ1) is 24.3. The number of nitrogen functional groups attached to an aromatic ring is 1. The van der Waals surface area contributed by atoms with Crippen molar-refractivity contribution in [2.45, 2.75) is 53.5 Å². The van der Waals surface area contributed by atoms with Gasteiger partial charge in [-0.15, -0.1) is 0 Å². The molecule has 2 amide bonds. The molecule has 1 fully saturated rings. The van der Waals surface area contributed by atoms with Crippen LogP contribution in [0.25, 0.3) is 0 Å². The molecule has 1 aromatic carbocycles. The van der Waals surface area contributed by atoms with Crippen LogP contribution in [0.15, 0.2) is 33.9 Å². The molecule has 9 heteroatoms. The molecule has 178 valence electrons. The molecule has 1 aliphatic heterocycles. The van der Waals surface area contributed by atoms with Crippen molar-refractivity contribution < 1.29 is 9.59 Å². The van der Waals surface area contributed by atoms with Gasteiger partial charge < -0.3 is 15.5 Å². The molecule has 1 aliphatic rings. The number of hydrogen-bond acceptors (Lipinski definition) is 5. The Balaban J connectivity index is 1.96. The van der Waals surface area contributed by atoms with E-state index in [1.807, 2.05) is 52.0 Å². The van der Waals surface area contributed by atoms with Crippen LogP contribution < -0.4 is 26.8 Å². The fourth-order valence-corrected chi connectivity index (χ4v) is 4.10. The van der Waals surface area contributed by atoms with Crippen molar-refractivity contribution in [3.05, 3.63) is 50.7 Å². The van der Waals surface area contributed by atoms with Crippen molar-refractivity contribution >= 4 is 29.0 Å². The zero-order valence-corrected chi connectivity index (χ0v) is 19.8. The van der Waals surface area contributed by atoms with Gasteiger partial charge in [0.15, 0.2) is 5.69 Å². The van der Waals surface area contributed by atoms with Crippen LogP contribution in [0.3, 0.4) is 0 Å². The summed E-state index contributed by atoms with van der Waals surface area (Å²) in [7, 11) is 0. The zero-order valence-electron chi connectivity index (χ0n) is 19.8. The maximum atomic E-state index is 13.6. The Morgan fingerprint density at radius 1 is 1.21 bits per heavy atom. The first-order valence-corrected chi connectivity index (χ1v) is 11.4. The number of aromatic nitrogens is 2. The predicted molar refractivity (Wildman–Crippen MR) is 129 cm³/mol. The van der Waals surface area contributed by atoms with E-state index in [0.29, 0.717) is 13.0 Å². The summed E-state index contributed by atoms with van der Waals surface area (Å²) < 4.78 is 1.30. The second-order valence-electron chi connectivity index (χ2n) is 9.08. The summed E-state index contributed by atoms with van der Waals surface area (Å²) in [6.07, 6.45) is 1.60. The van der Waals surface area contributed by atoms with Crippen LogP contribution in [-0.4, -0.2) is 34.5 Å². The van der Waals surface area contributed by atoms with Gasteiger partial charge in [-0.3, -0.25) is 23.9 Å². The zero-order chi connectivity index (χ0) is 24.3. The maximum absolute atomic E-state index is 13.6. The number of anilines is 3. The van der Waals surface area contributed by atoms with Crippen molar-refractivity contribution in [1.82, 2.24) is 9.55 Å². The molecular formula is C24H33N5O4. The van der Waals surface area contributed by atoms with Crippen LogP contribution in [0, 0.1) is 18.8 Å². The average Bonchev–Trinajstić information content (AvgIpc) is 3.14. The number of hydrogen-bond donors (Lipinski definition) is 2. The standard InChI is InChI=1S/C24H33N5O4/c1-5-6-11-27-21(25)20(22(31)26-24(27)33)29(13-15(2)3)23(32)17-12-19(30)28(14-17)18-9-7-16(4)8-10-18/h7-10,15,17H,5-6,11-14,25H2,1-4H3,(H,26,31,33)/t17-/m0/s1. The highest BCUT2D eigenvalue weighted by Gasteiger charge is 2.39. The minimum absolute atomic E-state index is 0.0223. The van der Waals surface area contributed by atoms with E-state index in [1.165, 1.54) is 9.47 Å². The molecule has 2 heterocycles. The number of nitrogens with zero attached hydrogens (tertiary/aromatic N) is 3. The Kier molecular flexibility index (Phi) is 7.40. The molecule has 3 rings (SSSR count). The second-order valence-corrected chi connectivity index (χ2v) is 9.08. The van der Waals surface area contributed by atoms with Crippen molar-refractivity contribution in [2.75, 3.05) is 28.6 Å². The van der Waals surface area contributed by atoms with E-state index < -0.39 is 17.2 Å². The average molecular weight is 456 g/mol. The third-order valence-corrected chi connectivity index (χ3v) is 5.85. The summed E-state index contributed by atoms with van der Waals surface area (Å²) in [5.74, 6) is -1.09. The molecule has 0 radical (unpaired) electrons. The third kappa shape index (κ3) is 5.18. The van der Waals surface area contributed by atoms with E-state index in [4.69, 9.17) is 5.73 Å². The van der Waals surface area contributed by atoms with Crippen LogP contribution in [0.5, 0.6) is 0 Å². The first-order valence-electron chi connectivity index (χ1n) is 11.4. The highest BCUT2D eigenvalue weighted by Crippen LogP contribution is 2.29. The normalized spacial score (nSPS) is 16.0. The number of unbranched alkanes of at least 4 members (excludes halogenated alkanes) is 1. The number of H-pyrrole nitrogens is 1. The van der Waals surface area contributed by atoms with Gasteiger partial charge in [0.2, 0.25) is 11.8 Å². The predicted octanol–water partition coefficient (Wildman–Crippen LogP) is 2.27. The summed E-state index contributed by atoms with van der Waals surface area (Å²) in [6, 6.07) is 7.56. The number of benzene rings is 1. The molecule has 9 nitrogen and oxygen atoms in total. The quantitative estimate of drug-likeness (QED) is 0.632. The molecule has 0 saturated carbocycles. The van der Waals surface area contributed by atoms with Gasteiger partial charge in [0.25, 0.3) is 5.56 Å². The fourth-order valence-electron chi connectivity index (χ4n) is 4.10. The van der Waals surface area contributed by atoms with E-state index in [9.17, 15) is 19.2 Å². The minimum Gasteiger partial charge on any atom is -0.383 e. The molecule has 1 aromatic heterocycles. The van der Waals surface area contributed by atoms with Crippen molar-refractivity contribution in [3.8, 4) is 0 Å². The lowest BCUT2D eigenvalue weighted by atomic mass is 10.1. The summed E-state index contributed by atoms with van der Waals surface area (Å²) >= 11 is 0. The molecule has 1 saturated heterocycles. The first-order chi connectivity index (χ1) is 15.6.